The first-order valence-electron chi connectivity index (χ1n) is 5.80. The summed E-state index contributed by atoms with van der Waals surface area (Å²) in [5.41, 5.74) is 0. The normalized spacial score (nSPS) is 17.1. The molecular weight excluding hydrogens is 236 g/mol. The van der Waals surface area contributed by atoms with Gasteiger partial charge in [0.1, 0.15) is 5.84 Å². The fourth-order valence-electron chi connectivity index (χ4n) is 1.77. The number of hydrogen-bond donors (Lipinski definition) is 1. The Bertz CT molecular complexity index is 494. The molecule has 1 aliphatic rings. The third-order valence-electron chi connectivity index (χ3n) is 2.68. The molecular formula is C12H16N2O2S. The van der Waals surface area contributed by atoms with E-state index in [1.54, 1.807) is 30.3 Å². The monoisotopic (exact) mass is 252 g/mol. The van der Waals surface area contributed by atoms with Crippen LogP contribution in [0.25, 0.3) is 0 Å². The van der Waals surface area contributed by atoms with E-state index in [2.05, 4.69) is 9.71 Å². The van der Waals surface area contributed by atoms with Gasteiger partial charge in [-0.25, -0.2) is 8.42 Å². The maximum atomic E-state index is 12.0. The quantitative estimate of drug-likeness (QED) is 0.874. The summed E-state index contributed by atoms with van der Waals surface area (Å²) in [4.78, 5) is 4.54. The van der Waals surface area contributed by atoms with Gasteiger partial charge in [-0.2, -0.15) is 0 Å². The predicted molar refractivity (Wildman–Crippen MR) is 67.5 cm³/mol. The Morgan fingerprint density at radius 3 is 2.59 bits per heavy atom. The smallest absolute Gasteiger partial charge is 0.262 e. The Morgan fingerprint density at radius 2 is 1.82 bits per heavy atom. The highest BCUT2D eigenvalue weighted by molar-refractivity contribution is 7.90. The van der Waals surface area contributed by atoms with Gasteiger partial charge in [0.15, 0.2) is 0 Å². The maximum absolute atomic E-state index is 12.0. The maximum Gasteiger partial charge on any atom is 0.262 e. The van der Waals surface area contributed by atoms with E-state index in [-0.39, 0.29) is 4.90 Å². The topological polar surface area (TPSA) is 58.5 Å². The standard InChI is InChI=1S/C12H16N2O2S/c15-17(16,11-7-3-1-4-8-11)14-12-9-5-2-6-10-13-12/h1,3-4,7-8H,2,5-6,9-10H2,(H,13,14). The van der Waals surface area contributed by atoms with Crippen molar-refractivity contribution in [3.63, 3.8) is 0 Å². The minimum Gasteiger partial charge on any atom is -0.272 e. The summed E-state index contributed by atoms with van der Waals surface area (Å²) in [6.45, 7) is 0.715. The van der Waals surface area contributed by atoms with Crippen LogP contribution < -0.4 is 4.72 Å². The number of sulfonamides is 1. The van der Waals surface area contributed by atoms with E-state index in [1.807, 2.05) is 0 Å². The molecule has 1 aliphatic heterocycles. The van der Waals surface area contributed by atoms with Gasteiger partial charge in [0.05, 0.1) is 4.90 Å². The van der Waals surface area contributed by atoms with Crippen LogP contribution in [0.1, 0.15) is 25.7 Å². The number of amidine groups is 1. The molecule has 0 bridgehead atoms. The van der Waals surface area contributed by atoms with E-state index in [9.17, 15) is 8.42 Å². The Balaban J connectivity index is 2.15. The fourth-order valence-corrected chi connectivity index (χ4v) is 2.88. The first kappa shape index (κ1) is 12.1. The second kappa shape index (κ2) is 5.31. The Kier molecular flexibility index (Phi) is 3.78. The zero-order valence-corrected chi connectivity index (χ0v) is 10.4. The molecule has 5 heteroatoms. The molecule has 0 amide bonds. The fraction of sp³-hybridized carbons (Fsp3) is 0.417. The number of nitrogens with zero attached hydrogens (tertiary/aromatic N) is 1. The van der Waals surface area contributed by atoms with Crippen molar-refractivity contribution in [2.75, 3.05) is 6.54 Å². The first-order chi connectivity index (χ1) is 8.18. The van der Waals surface area contributed by atoms with Gasteiger partial charge in [-0.1, -0.05) is 24.6 Å². The molecule has 17 heavy (non-hydrogen) atoms. The molecule has 1 aromatic rings. The van der Waals surface area contributed by atoms with Gasteiger partial charge in [-0.15, -0.1) is 0 Å². The van der Waals surface area contributed by atoms with Crippen molar-refractivity contribution in [3.05, 3.63) is 30.3 Å². The van der Waals surface area contributed by atoms with Gasteiger partial charge in [0, 0.05) is 13.0 Å². The van der Waals surface area contributed by atoms with Gasteiger partial charge in [0.2, 0.25) is 0 Å². The van der Waals surface area contributed by atoms with E-state index < -0.39 is 10.0 Å². The van der Waals surface area contributed by atoms with Crippen LogP contribution in [0.3, 0.4) is 0 Å². The molecule has 0 saturated carbocycles. The molecule has 92 valence electrons. The zero-order valence-electron chi connectivity index (χ0n) is 9.59. The summed E-state index contributed by atoms with van der Waals surface area (Å²) in [5, 5.41) is 0. The van der Waals surface area contributed by atoms with Crippen molar-refractivity contribution < 1.29 is 8.42 Å². The zero-order chi connectivity index (χ0) is 12.1. The highest BCUT2D eigenvalue weighted by atomic mass is 32.2. The summed E-state index contributed by atoms with van der Waals surface area (Å²) in [6, 6.07) is 8.38. The molecule has 4 nitrogen and oxygen atoms in total. The van der Waals surface area contributed by atoms with Gasteiger partial charge in [-0.3, -0.25) is 9.71 Å². The van der Waals surface area contributed by atoms with E-state index in [1.165, 1.54) is 0 Å². The molecule has 0 unspecified atom stereocenters. The van der Waals surface area contributed by atoms with Crippen LogP contribution in [0.4, 0.5) is 0 Å². The third kappa shape index (κ3) is 3.30. The molecule has 1 heterocycles. The predicted octanol–water partition coefficient (Wildman–Crippen LogP) is 1.94. The van der Waals surface area contributed by atoms with Crippen LogP contribution in [0, 0.1) is 0 Å². The van der Waals surface area contributed by atoms with Crippen LogP contribution in [0.5, 0.6) is 0 Å². The molecule has 0 radical (unpaired) electrons. The lowest BCUT2D eigenvalue weighted by Crippen LogP contribution is -2.30. The molecule has 0 atom stereocenters. The molecule has 0 spiro atoms. The number of hydrogen-bond acceptors (Lipinski definition) is 3. The van der Waals surface area contributed by atoms with Crippen LogP contribution >= 0.6 is 0 Å². The summed E-state index contributed by atoms with van der Waals surface area (Å²) in [6.07, 6.45) is 3.86. The molecule has 2 rings (SSSR count). The minimum absolute atomic E-state index is 0.284. The highest BCUT2D eigenvalue weighted by Gasteiger charge is 2.16. The van der Waals surface area contributed by atoms with Crippen LogP contribution in [0.2, 0.25) is 0 Å². The first-order valence-corrected chi connectivity index (χ1v) is 7.28. The van der Waals surface area contributed by atoms with E-state index in [0.29, 0.717) is 18.8 Å². The summed E-state index contributed by atoms with van der Waals surface area (Å²) < 4.78 is 26.6. The van der Waals surface area contributed by atoms with Gasteiger partial charge in [-0.05, 0) is 25.0 Å². The number of benzene rings is 1. The number of aliphatic imine (C=N–C) groups is 1. The minimum atomic E-state index is -3.46. The van der Waals surface area contributed by atoms with Crippen molar-refractivity contribution in [1.82, 2.24) is 4.72 Å². The SMILES string of the molecule is O=S(=O)(NC1=NCCCCC1)c1ccccc1. The van der Waals surface area contributed by atoms with Gasteiger partial charge in [0.25, 0.3) is 10.0 Å². The second-order valence-corrected chi connectivity index (χ2v) is 5.74. The van der Waals surface area contributed by atoms with Crippen molar-refractivity contribution in [1.29, 1.82) is 0 Å². The van der Waals surface area contributed by atoms with Gasteiger partial charge < -0.3 is 0 Å². The van der Waals surface area contributed by atoms with Gasteiger partial charge >= 0.3 is 0 Å². The van der Waals surface area contributed by atoms with Crippen LogP contribution in [0.15, 0.2) is 40.2 Å². The van der Waals surface area contributed by atoms with Crippen molar-refractivity contribution >= 4 is 15.9 Å². The number of nitrogens with one attached hydrogen (secondary N) is 1. The van der Waals surface area contributed by atoms with Crippen molar-refractivity contribution in [2.24, 2.45) is 4.99 Å². The third-order valence-corrected chi connectivity index (χ3v) is 4.08. The van der Waals surface area contributed by atoms with Crippen molar-refractivity contribution in [2.45, 2.75) is 30.6 Å². The average Bonchev–Trinajstić information content (AvgIpc) is 2.58. The lowest BCUT2D eigenvalue weighted by atomic mass is 10.2. The highest BCUT2D eigenvalue weighted by Crippen LogP contribution is 2.11. The van der Waals surface area contributed by atoms with E-state index in [4.69, 9.17) is 0 Å². The molecule has 1 N–H and O–H groups in total. The Morgan fingerprint density at radius 1 is 1.06 bits per heavy atom. The average molecular weight is 252 g/mol. The molecule has 0 aliphatic carbocycles. The largest absolute Gasteiger partial charge is 0.272 e. The lowest BCUT2D eigenvalue weighted by molar-refractivity contribution is 0.592. The molecule has 0 aromatic heterocycles. The summed E-state index contributed by atoms with van der Waals surface area (Å²) in [7, 11) is -3.46. The van der Waals surface area contributed by atoms with Crippen LogP contribution in [-0.4, -0.2) is 20.8 Å². The molecule has 1 aromatic carbocycles. The van der Waals surface area contributed by atoms with Crippen LogP contribution in [-0.2, 0) is 10.0 Å². The van der Waals surface area contributed by atoms with E-state index >= 15 is 0 Å². The second-order valence-electron chi connectivity index (χ2n) is 4.06. The Hall–Kier alpha value is -1.36. The summed E-state index contributed by atoms with van der Waals surface area (Å²) in [5.74, 6) is 0.589. The van der Waals surface area contributed by atoms with E-state index in [0.717, 1.165) is 19.3 Å². The lowest BCUT2D eigenvalue weighted by Gasteiger charge is -2.09. The Labute approximate surface area is 102 Å². The van der Waals surface area contributed by atoms with Crippen molar-refractivity contribution in [3.8, 4) is 0 Å². The molecule has 0 fully saturated rings. The number of rotatable bonds is 2. The summed E-state index contributed by atoms with van der Waals surface area (Å²) >= 11 is 0. The molecule has 0 saturated heterocycles.